The van der Waals surface area contributed by atoms with E-state index >= 15 is 0 Å². The Hall–Kier alpha value is -1.83. The minimum atomic E-state index is -2.80. The van der Waals surface area contributed by atoms with Crippen LogP contribution in [-0.4, -0.2) is 43.9 Å². The molecule has 0 amide bonds. The third-order valence-corrected chi connectivity index (χ3v) is 6.08. The van der Waals surface area contributed by atoms with Gasteiger partial charge in [-0.2, -0.15) is 0 Å². The van der Waals surface area contributed by atoms with E-state index < -0.39 is 35.3 Å². The molecule has 1 aromatic carbocycles. The first-order chi connectivity index (χ1) is 14.8. The van der Waals surface area contributed by atoms with Crippen molar-refractivity contribution < 1.29 is 41.9 Å². The molecule has 0 radical (unpaired) electrons. The van der Waals surface area contributed by atoms with Crippen LogP contribution in [0.3, 0.4) is 0 Å². The highest BCUT2D eigenvalue weighted by Crippen LogP contribution is 2.34. The largest absolute Gasteiger partial charge is 0.456 e. The lowest BCUT2D eigenvalue weighted by Crippen LogP contribution is -2.41. The normalized spacial score (nSPS) is 19.1. The van der Waals surface area contributed by atoms with Gasteiger partial charge in [-0.3, -0.25) is 13.9 Å². The Balaban J connectivity index is 1.83. The summed E-state index contributed by atoms with van der Waals surface area (Å²) in [5.41, 5.74) is 0.0211. The molecule has 2 unspecified atom stereocenters. The van der Waals surface area contributed by atoms with Crippen molar-refractivity contribution in [3.05, 3.63) is 65.0 Å². The van der Waals surface area contributed by atoms with Gasteiger partial charge in [-0.15, -0.1) is 0 Å². The van der Waals surface area contributed by atoms with Gasteiger partial charge in [-0.05, 0) is 36.3 Å². The number of fused-ring (bicyclic) bond motifs is 2. The van der Waals surface area contributed by atoms with Gasteiger partial charge in [-0.25, -0.2) is 0 Å². The van der Waals surface area contributed by atoms with Crippen LogP contribution >= 0.6 is 16.5 Å². The number of hydrogen-bond donors (Lipinski definition) is 1. The molecule has 1 aromatic rings. The summed E-state index contributed by atoms with van der Waals surface area (Å²) in [5.74, 6) is 0.817. The molecule has 0 saturated heterocycles. The van der Waals surface area contributed by atoms with E-state index in [2.05, 4.69) is 9.05 Å². The summed E-state index contributed by atoms with van der Waals surface area (Å²) >= 11 is 0. The van der Waals surface area contributed by atoms with Gasteiger partial charge in [0.25, 0.3) is 0 Å². The fourth-order valence-corrected chi connectivity index (χ4v) is 4.15. The summed E-state index contributed by atoms with van der Waals surface area (Å²) in [6.45, 7) is -0.802. The minimum absolute atomic E-state index is 0.0356. The second kappa shape index (κ2) is 10.7. The Bertz CT molecular complexity index is 961. The highest BCUT2D eigenvalue weighted by molar-refractivity contribution is 7.33. The van der Waals surface area contributed by atoms with E-state index in [0.717, 1.165) is 5.57 Å². The van der Waals surface area contributed by atoms with Crippen molar-refractivity contribution in [2.75, 3.05) is 27.4 Å². The van der Waals surface area contributed by atoms with Crippen LogP contribution in [0.25, 0.3) is 0 Å². The molecule has 1 heterocycles. The Morgan fingerprint density at radius 3 is 2.45 bits per heavy atom. The smallest absolute Gasteiger partial charge is 0.318 e. The summed E-state index contributed by atoms with van der Waals surface area (Å²) in [6, 6.07) is 4.96. The molecule has 2 aliphatic rings. The summed E-state index contributed by atoms with van der Waals surface area (Å²) in [7, 11) is -3.16. The lowest BCUT2D eigenvalue weighted by Gasteiger charge is -2.27. The predicted octanol–water partition coefficient (Wildman–Crippen LogP) is 3.41. The molecular formula is C20H24O9P2. The molecule has 0 fully saturated rings. The topological polar surface area (TPSA) is 118 Å². The Labute approximate surface area is 181 Å². The lowest BCUT2D eigenvalue weighted by molar-refractivity contribution is -0.0413. The van der Waals surface area contributed by atoms with Crippen molar-refractivity contribution in [3.63, 3.8) is 0 Å². The van der Waals surface area contributed by atoms with E-state index in [1.54, 1.807) is 30.4 Å². The van der Waals surface area contributed by atoms with Crippen molar-refractivity contribution in [2.24, 2.45) is 0 Å². The van der Waals surface area contributed by atoms with Crippen molar-refractivity contribution in [1.82, 2.24) is 0 Å². The first-order valence-corrected chi connectivity index (χ1v) is 11.9. The molecule has 31 heavy (non-hydrogen) atoms. The zero-order valence-corrected chi connectivity index (χ0v) is 19.1. The van der Waals surface area contributed by atoms with Gasteiger partial charge in [0, 0.05) is 26.2 Å². The van der Waals surface area contributed by atoms with Crippen molar-refractivity contribution in [3.8, 4) is 5.75 Å². The fraction of sp³-hybridized carbons (Fsp3) is 0.350. The van der Waals surface area contributed by atoms with E-state index in [9.17, 15) is 19.0 Å². The number of ketones is 1. The second-order valence-corrected chi connectivity index (χ2v) is 9.41. The maximum Gasteiger partial charge on any atom is 0.318 e. The molecule has 1 N–H and O–H groups in total. The molecule has 0 bridgehead atoms. The SMILES string of the molecule is CO[PH](=O)OCC(O)(CO[PH](=O)OC)Cc1ccc2c(c1)C(=O)C=C1CC=CC=C1O2. The Morgan fingerprint density at radius 1 is 1.13 bits per heavy atom. The van der Waals surface area contributed by atoms with Crippen LogP contribution in [0.4, 0.5) is 0 Å². The maximum absolute atomic E-state index is 12.8. The number of carbonyl (C=O) groups is 1. The molecule has 0 aromatic heterocycles. The van der Waals surface area contributed by atoms with Crippen LogP contribution in [-0.2, 0) is 33.6 Å². The highest BCUT2D eigenvalue weighted by Gasteiger charge is 2.31. The van der Waals surface area contributed by atoms with Gasteiger partial charge in [0.1, 0.15) is 17.1 Å². The van der Waals surface area contributed by atoms with Gasteiger partial charge >= 0.3 is 16.5 Å². The van der Waals surface area contributed by atoms with Crippen molar-refractivity contribution in [2.45, 2.75) is 18.4 Å². The zero-order chi connectivity index (χ0) is 22.4. The van der Waals surface area contributed by atoms with Crippen LogP contribution in [0.1, 0.15) is 22.3 Å². The van der Waals surface area contributed by atoms with Crippen LogP contribution in [0.2, 0.25) is 0 Å². The first kappa shape index (κ1) is 23.8. The van der Waals surface area contributed by atoms with Gasteiger partial charge in [0.2, 0.25) is 0 Å². The molecule has 0 spiro atoms. The monoisotopic (exact) mass is 470 g/mol. The first-order valence-electron chi connectivity index (χ1n) is 9.40. The lowest BCUT2D eigenvalue weighted by atomic mass is 9.94. The minimum Gasteiger partial charge on any atom is -0.456 e. The van der Waals surface area contributed by atoms with Crippen molar-refractivity contribution in [1.29, 1.82) is 0 Å². The molecule has 11 heteroatoms. The number of rotatable bonds is 10. The van der Waals surface area contributed by atoms with Gasteiger partial charge < -0.3 is 27.9 Å². The average Bonchev–Trinajstić information content (AvgIpc) is 2.91. The summed E-state index contributed by atoms with van der Waals surface area (Å²) in [6.07, 6.45) is 7.71. The van der Waals surface area contributed by atoms with E-state index in [4.69, 9.17) is 13.8 Å². The highest BCUT2D eigenvalue weighted by atomic mass is 31.1. The number of aliphatic hydroxyl groups is 1. The van der Waals surface area contributed by atoms with Crippen LogP contribution in [0.15, 0.2) is 53.8 Å². The van der Waals surface area contributed by atoms with E-state index in [0.29, 0.717) is 29.1 Å². The van der Waals surface area contributed by atoms with Gasteiger partial charge in [0.05, 0.1) is 18.8 Å². The fourth-order valence-electron chi connectivity index (χ4n) is 3.14. The number of carbonyl (C=O) groups excluding carboxylic acids is 1. The average molecular weight is 470 g/mol. The number of ether oxygens (including phenoxy) is 1. The number of benzene rings is 1. The predicted molar refractivity (Wildman–Crippen MR) is 114 cm³/mol. The van der Waals surface area contributed by atoms with E-state index in [-0.39, 0.29) is 12.2 Å². The van der Waals surface area contributed by atoms with Gasteiger partial charge in [-0.1, -0.05) is 18.2 Å². The molecule has 0 saturated carbocycles. The van der Waals surface area contributed by atoms with Crippen LogP contribution in [0.5, 0.6) is 5.75 Å². The van der Waals surface area contributed by atoms with Crippen LogP contribution in [0, 0.1) is 0 Å². The molecule has 168 valence electrons. The third-order valence-electron chi connectivity index (χ3n) is 4.66. The van der Waals surface area contributed by atoms with Gasteiger partial charge in [0.15, 0.2) is 5.78 Å². The second-order valence-electron chi connectivity index (χ2n) is 7.02. The molecular weight excluding hydrogens is 446 g/mol. The number of hydrogen-bond acceptors (Lipinski definition) is 9. The van der Waals surface area contributed by atoms with Crippen molar-refractivity contribution >= 4 is 22.3 Å². The maximum atomic E-state index is 12.8. The molecule has 2 atom stereocenters. The molecule has 3 rings (SSSR count). The molecule has 9 nitrogen and oxygen atoms in total. The molecule has 1 aliphatic carbocycles. The summed E-state index contributed by atoms with van der Waals surface area (Å²) < 4.78 is 48.3. The summed E-state index contributed by atoms with van der Waals surface area (Å²) in [4.78, 5) is 12.8. The number of allylic oxidation sites excluding steroid dienone is 5. The van der Waals surface area contributed by atoms with Crippen LogP contribution < -0.4 is 4.74 Å². The summed E-state index contributed by atoms with van der Waals surface area (Å²) in [5, 5.41) is 11.0. The zero-order valence-electron chi connectivity index (χ0n) is 17.1. The standard InChI is InChI=1S/C20H24O9P2/c1-25-30(23)27-12-20(22,13-28-31(24)26-2)11-14-7-8-19-16(9-14)17(21)10-15-5-3-4-6-18(15)29-19/h3-4,6-10,22,30-31H,5,11-13H2,1-2H3. The third kappa shape index (κ3) is 6.34. The Morgan fingerprint density at radius 2 is 1.81 bits per heavy atom. The van der Waals surface area contributed by atoms with E-state index in [1.807, 2.05) is 12.2 Å². The quantitative estimate of drug-likeness (QED) is 0.513. The Kier molecular flexibility index (Phi) is 8.19. The molecule has 1 aliphatic heterocycles. The van der Waals surface area contributed by atoms with E-state index in [1.165, 1.54) is 14.2 Å².